The lowest BCUT2D eigenvalue weighted by Crippen LogP contribution is -2.14. The molecule has 0 amide bonds. The summed E-state index contributed by atoms with van der Waals surface area (Å²) in [6.07, 6.45) is 0. The van der Waals surface area contributed by atoms with Crippen molar-refractivity contribution in [1.29, 1.82) is 0 Å². The Morgan fingerprint density at radius 2 is 2.00 bits per heavy atom. The van der Waals surface area contributed by atoms with Crippen LogP contribution in [0.4, 0.5) is 0 Å². The number of rotatable bonds is 2. The highest BCUT2D eigenvalue weighted by molar-refractivity contribution is 5.72. The zero-order valence-electron chi connectivity index (χ0n) is 11.2. The summed E-state index contributed by atoms with van der Waals surface area (Å²) >= 11 is 0. The van der Waals surface area contributed by atoms with Gasteiger partial charge in [-0.1, -0.05) is 36.1 Å². The Balaban J connectivity index is 1.99. The summed E-state index contributed by atoms with van der Waals surface area (Å²) < 4.78 is 6.80. The van der Waals surface area contributed by atoms with Gasteiger partial charge in [0.05, 0.1) is 12.1 Å². The Morgan fingerprint density at radius 3 is 2.86 bits per heavy atom. The van der Waals surface area contributed by atoms with Crippen LogP contribution in [0.1, 0.15) is 11.1 Å². The molecule has 4 heteroatoms. The van der Waals surface area contributed by atoms with Gasteiger partial charge in [-0.3, -0.25) is 4.57 Å². The second-order valence-corrected chi connectivity index (χ2v) is 4.58. The summed E-state index contributed by atoms with van der Waals surface area (Å²) in [5.74, 6) is 5.09. The topological polar surface area (TPSA) is 55.4 Å². The maximum absolute atomic E-state index is 11.9. The molecule has 0 aliphatic rings. The average Bonchev–Trinajstić information content (AvgIpc) is 2.82. The lowest BCUT2D eigenvalue weighted by molar-refractivity contribution is 0.350. The number of aliphatic hydroxyl groups excluding tert-OH is 1. The van der Waals surface area contributed by atoms with Crippen molar-refractivity contribution >= 4 is 11.1 Å². The molecule has 21 heavy (non-hydrogen) atoms. The molecule has 1 heterocycles. The van der Waals surface area contributed by atoms with Gasteiger partial charge in [0.15, 0.2) is 5.58 Å². The molecular formula is C17H13NO3. The Labute approximate surface area is 121 Å². The van der Waals surface area contributed by atoms with Gasteiger partial charge in [0.25, 0.3) is 0 Å². The summed E-state index contributed by atoms with van der Waals surface area (Å²) in [5.41, 5.74) is 3.11. The highest BCUT2D eigenvalue weighted by Gasteiger charge is 2.08. The first-order valence-corrected chi connectivity index (χ1v) is 6.55. The molecule has 0 bridgehead atoms. The fourth-order valence-electron chi connectivity index (χ4n) is 2.24. The molecule has 0 atom stereocenters. The van der Waals surface area contributed by atoms with Crippen LogP contribution in [-0.4, -0.2) is 16.3 Å². The molecule has 0 unspecified atom stereocenters. The standard InChI is InChI=1S/C17H13NO3/c19-10-4-7-13-5-3-6-14(11-13)12-18-15-8-1-2-9-16(15)21-17(18)20/h1-3,5-6,8-9,11,19H,10,12H2. The van der Waals surface area contributed by atoms with Gasteiger partial charge >= 0.3 is 5.76 Å². The summed E-state index contributed by atoms with van der Waals surface area (Å²) in [7, 11) is 0. The molecule has 0 saturated heterocycles. The van der Waals surface area contributed by atoms with Gasteiger partial charge in [0.1, 0.15) is 6.61 Å². The maximum Gasteiger partial charge on any atom is 0.420 e. The van der Waals surface area contributed by atoms with E-state index in [0.29, 0.717) is 12.1 Å². The van der Waals surface area contributed by atoms with E-state index in [2.05, 4.69) is 11.8 Å². The maximum atomic E-state index is 11.9. The van der Waals surface area contributed by atoms with Gasteiger partial charge in [-0.15, -0.1) is 0 Å². The lowest BCUT2D eigenvalue weighted by Gasteiger charge is -2.03. The number of nitrogens with zero attached hydrogens (tertiary/aromatic N) is 1. The van der Waals surface area contributed by atoms with E-state index in [-0.39, 0.29) is 12.4 Å². The van der Waals surface area contributed by atoms with Crippen molar-refractivity contribution in [2.45, 2.75) is 6.54 Å². The van der Waals surface area contributed by atoms with E-state index >= 15 is 0 Å². The molecule has 4 nitrogen and oxygen atoms in total. The number of aromatic nitrogens is 1. The molecule has 2 aromatic carbocycles. The van der Waals surface area contributed by atoms with Crippen LogP contribution in [0.25, 0.3) is 11.1 Å². The van der Waals surface area contributed by atoms with Crippen molar-refractivity contribution in [1.82, 2.24) is 4.57 Å². The summed E-state index contributed by atoms with van der Waals surface area (Å²) in [4.78, 5) is 11.9. The first-order valence-electron chi connectivity index (χ1n) is 6.55. The fourth-order valence-corrected chi connectivity index (χ4v) is 2.24. The van der Waals surface area contributed by atoms with E-state index in [9.17, 15) is 4.79 Å². The predicted octanol–water partition coefficient (Wildman–Crippen LogP) is 1.99. The van der Waals surface area contributed by atoms with E-state index in [1.54, 1.807) is 10.6 Å². The molecule has 104 valence electrons. The van der Waals surface area contributed by atoms with Gasteiger partial charge in [-0.2, -0.15) is 0 Å². The molecule has 0 spiro atoms. The molecule has 0 aliphatic heterocycles. The van der Waals surface area contributed by atoms with E-state index in [0.717, 1.165) is 16.6 Å². The largest absolute Gasteiger partial charge is 0.420 e. The number of hydrogen-bond donors (Lipinski definition) is 1. The smallest absolute Gasteiger partial charge is 0.408 e. The molecule has 3 rings (SSSR count). The number of aliphatic hydroxyl groups is 1. The van der Waals surface area contributed by atoms with Crippen LogP contribution in [-0.2, 0) is 6.54 Å². The number of hydrogen-bond acceptors (Lipinski definition) is 3. The minimum atomic E-state index is -0.372. The second kappa shape index (κ2) is 5.70. The summed E-state index contributed by atoms with van der Waals surface area (Å²) in [6.45, 7) is 0.251. The molecule has 1 N–H and O–H groups in total. The highest BCUT2D eigenvalue weighted by atomic mass is 16.4. The zero-order chi connectivity index (χ0) is 14.7. The van der Waals surface area contributed by atoms with Crippen LogP contribution in [0.2, 0.25) is 0 Å². The Kier molecular flexibility index (Phi) is 3.59. The van der Waals surface area contributed by atoms with Crippen LogP contribution in [0, 0.1) is 11.8 Å². The second-order valence-electron chi connectivity index (χ2n) is 4.58. The molecular weight excluding hydrogens is 266 g/mol. The Bertz CT molecular complexity index is 893. The molecule has 1 aromatic heterocycles. The summed E-state index contributed by atoms with van der Waals surface area (Å²) in [5, 5.41) is 8.73. The van der Waals surface area contributed by atoms with Crippen molar-refractivity contribution in [2.24, 2.45) is 0 Å². The number of fused-ring (bicyclic) bond motifs is 1. The van der Waals surface area contributed by atoms with E-state index in [1.165, 1.54) is 0 Å². The Morgan fingerprint density at radius 1 is 1.14 bits per heavy atom. The molecule has 0 saturated carbocycles. The van der Waals surface area contributed by atoms with Gasteiger partial charge in [0.2, 0.25) is 0 Å². The minimum absolute atomic E-state index is 0.171. The van der Waals surface area contributed by atoms with E-state index < -0.39 is 0 Å². The number of benzene rings is 2. The normalized spacial score (nSPS) is 10.3. The number of oxazole rings is 1. The van der Waals surface area contributed by atoms with E-state index in [4.69, 9.17) is 9.52 Å². The van der Waals surface area contributed by atoms with Crippen LogP contribution >= 0.6 is 0 Å². The van der Waals surface area contributed by atoms with Crippen molar-refractivity contribution in [2.75, 3.05) is 6.61 Å². The third-order valence-electron chi connectivity index (χ3n) is 3.15. The monoisotopic (exact) mass is 279 g/mol. The highest BCUT2D eigenvalue weighted by Crippen LogP contribution is 2.14. The van der Waals surface area contributed by atoms with Crippen LogP contribution in [0.15, 0.2) is 57.7 Å². The fraction of sp³-hybridized carbons (Fsp3) is 0.118. The van der Waals surface area contributed by atoms with Gasteiger partial charge in [0, 0.05) is 5.56 Å². The van der Waals surface area contributed by atoms with Crippen LogP contribution < -0.4 is 5.76 Å². The van der Waals surface area contributed by atoms with Crippen molar-refractivity contribution < 1.29 is 9.52 Å². The molecule has 0 aliphatic carbocycles. The van der Waals surface area contributed by atoms with E-state index in [1.807, 2.05) is 42.5 Å². The lowest BCUT2D eigenvalue weighted by atomic mass is 10.1. The van der Waals surface area contributed by atoms with Crippen LogP contribution in [0.3, 0.4) is 0 Å². The first-order chi connectivity index (χ1) is 10.3. The third kappa shape index (κ3) is 2.73. The van der Waals surface area contributed by atoms with Crippen molar-refractivity contribution in [3.8, 4) is 11.8 Å². The molecule has 0 radical (unpaired) electrons. The third-order valence-corrected chi connectivity index (χ3v) is 3.15. The average molecular weight is 279 g/mol. The minimum Gasteiger partial charge on any atom is -0.408 e. The van der Waals surface area contributed by atoms with Crippen molar-refractivity contribution in [3.63, 3.8) is 0 Å². The molecule has 3 aromatic rings. The summed E-state index contributed by atoms with van der Waals surface area (Å²) in [6, 6.07) is 14.9. The number of para-hydroxylation sites is 2. The predicted molar refractivity (Wildman–Crippen MR) is 80.0 cm³/mol. The zero-order valence-corrected chi connectivity index (χ0v) is 11.2. The quantitative estimate of drug-likeness (QED) is 0.730. The van der Waals surface area contributed by atoms with Gasteiger partial charge in [-0.25, -0.2) is 4.79 Å². The van der Waals surface area contributed by atoms with Crippen molar-refractivity contribution in [3.05, 3.63) is 70.2 Å². The molecule has 0 fully saturated rings. The van der Waals surface area contributed by atoms with Gasteiger partial charge in [-0.05, 0) is 29.8 Å². The Hall–Kier alpha value is -2.77. The van der Waals surface area contributed by atoms with Crippen LogP contribution in [0.5, 0.6) is 0 Å². The van der Waals surface area contributed by atoms with Gasteiger partial charge < -0.3 is 9.52 Å². The SMILES string of the molecule is O=c1oc2ccccc2n1Cc1cccc(C#CCO)c1. The first kappa shape index (κ1) is 13.2.